The molecule has 0 aromatic carbocycles. The minimum Gasteiger partial charge on any atom is -0.463 e. The standard InChI is InChI=1S/C11H16N4O3/c1-3-18-11(17)8-4-5-9(13-7(2)16)10(6-8)14-15-12/h4,9-10H,3,5-6H2,1-2H3,(H,13,16)/t9-,10-/m0/s1. The maximum Gasteiger partial charge on any atom is 0.333 e. The van der Waals surface area contributed by atoms with Crippen LogP contribution < -0.4 is 5.32 Å². The Labute approximate surface area is 105 Å². The summed E-state index contributed by atoms with van der Waals surface area (Å²) < 4.78 is 4.89. The summed E-state index contributed by atoms with van der Waals surface area (Å²) in [5.74, 6) is -0.581. The number of amides is 1. The average molecular weight is 252 g/mol. The molecule has 0 saturated heterocycles. The second kappa shape index (κ2) is 6.66. The number of nitrogens with zero attached hydrogens (tertiary/aromatic N) is 3. The van der Waals surface area contributed by atoms with Gasteiger partial charge in [-0.1, -0.05) is 11.2 Å². The van der Waals surface area contributed by atoms with Gasteiger partial charge in [0.1, 0.15) is 0 Å². The molecule has 1 aliphatic rings. The summed E-state index contributed by atoms with van der Waals surface area (Å²) in [5, 5.41) is 6.34. The van der Waals surface area contributed by atoms with Gasteiger partial charge in [0.2, 0.25) is 5.91 Å². The third kappa shape index (κ3) is 3.78. The van der Waals surface area contributed by atoms with Crippen LogP contribution in [-0.2, 0) is 14.3 Å². The van der Waals surface area contributed by atoms with E-state index in [0.717, 1.165) is 0 Å². The zero-order valence-corrected chi connectivity index (χ0v) is 10.4. The van der Waals surface area contributed by atoms with E-state index in [2.05, 4.69) is 15.3 Å². The number of esters is 1. The van der Waals surface area contributed by atoms with E-state index in [0.29, 0.717) is 18.6 Å². The van der Waals surface area contributed by atoms with Crippen molar-refractivity contribution in [1.29, 1.82) is 0 Å². The lowest BCUT2D eigenvalue weighted by molar-refractivity contribution is -0.138. The van der Waals surface area contributed by atoms with Crippen molar-refractivity contribution in [2.75, 3.05) is 6.61 Å². The van der Waals surface area contributed by atoms with Crippen LogP contribution in [0.15, 0.2) is 16.8 Å². The molecule has 18 heavy (non-hydrogen) atoms. The largest absolute Gasteiger partial charge is 0.463 e. The van der Waals surface area contributed by atoms with Gasteiger partial charge in [-0.05, 0) is 25.3 Å². The number of ether oxygens (including phenoxy) is 1. The highest BCUT2D eigenvalue weighted by molar-refractivity contribution is 5.88. The van der Waals surface area contributed by atoms with E-state index in [1.165, 1.54) is 6.92 Å². The smallest absolute Gasteiger partial charge is 0.333 e. The molecule has 0 heterocycles. The molecule has 0 aliphatic heterocycles. The molecule has 7 heteroatoms. The summed E-state index contributed by atoms with van der Waals surface area (Å²) >= 11 is 0. The zero-order chi connectivity index (χ0) is 13.5. The van der Waals surface area contributed by atoms with Gasteiger partial charge in [0.15, 0.2) is 0 Å². The van der Waals surface area contributed by atoms with Crippen molar-refractivity contribution in [3.63, 3.8) is 0 Å². The molecule has 0 fully saturated rings. The van der Waals surface area contributed by atoms with Crippen molar-refractivity contribution in [2.45, 2.75) is 38.8 Å². The molecule has 0 spiro atoms. The predicted octanol–water partition coefficient (Wildman–Crippen LogP) is 1.45. The van der Waals surface area contributed by atoms with Crippen LogP contribution in [0, 0.1) is 0 Å². The number of azide groups is 1. The van der Waals surface area contributed by atoms with E-state index >= 15 is 0 Å². The quantitative estimate of drug-likeness (QED) is 0.354. The van der Waals surface area contributed by atoms with Gasteiger partial charge < -0.3 is 10.1 Å². The van der Waals surface area contributed by atoms with E-state index in [-0.39, 0.29) is 18.4 Å². The Morgan fingerprint density at radius 3 is 2.94 bits per heavy atom. The van der Waals surface area contributed by atoms with Crippen molar-refractivity contribution in [1.82, 2.24) is 5.32 Å². The highest BCUT2D eigenvalue weighted by atomic mass is 16.5. The lowest BCUT2D eigenvalue weighted by Crippen LogP contribution is -2.43. The average Bonchev–Trinajstić information content (AvgIpc) is 2.31. The lowest BCUT2D eigenvalue weighted by atomic mass is 9.90. The first-order valence-electron chi connectivity index (χ1n) is 5.76. The van der Waals surface area contributed by atoms with E-state index < -0.39 is 12.0 Å². The van der Waals surface area contributed by atoms with Crippen molar-refractivity contribution in [3.8, 4) is 0 Å². The molecule has 0 radical (unpaired) electrons. The van der Waals surface area contributed by atoms with Crippen molar-refractivity contribution in [3.05, 3.63) is 22.1 Å². The summed E-state index contributed by atoms with van der Waals surface area (Å²) in [6, 6.07) is -0.722. The van der Waals surface area contributed by atoms with Gasteiger partial charge in [-0.2, -0.15) is 0 Å². The number of hydrogen-bond acceptors (Lipinski definition) is 4. The SMILES string of the molecule is CCOC(=O)C1=CC[C@H](NC(C)=O)[C@@H](N=[N+]=[N-])C1. The van der Waals surface area contributed by atoms with Gasteiger partial charge in [0.05, 0.1) is 12.6 Å². The monoisotopic (exact) mass is 252 g/mol. The first-order chi connectivity index (χ1) is 8.58. The molecule has 0 aromatic rings. The number of hydrogen-bond donors (Lipinski definition) is 1. The maximum atomic E-state index is 11.6. The van der Waals surface area contributed by atoms with Crippen LogP contribution in [0.1, 0.15) is 26.7 Å². The van der Waals surface area contributed by atoms with Crippen LogP contribution >= 0.6 is 0 Å². The first kappa shape index (κ1) is 14.1. The van der Waals surface area contributed by atoms with Gasteiger partial charge in [-0.3, -0.25) is 4.79 Å². The Bertz CT molecular complexity index is 413. The summed E-state index contributed by atoms with van der Waals surface area (Å²) in [7, 11) is 0. The third-order valence-corrected chi connectivity index (χ3v) is 2.64. The van der Waals surface area contributed by atoms with Crippen molar-refractivity contribution in [2.24, 2.45) is 5.11 Å². The molecule has 2 atom stereocenters. The molecule has 0 unspecified atom stereocenters. The molecular weight excluding hydrogens is 236 g/mol. The van der Waals surface area contributed by atoms with E-state index in [4.69, 9.17) is 10.3 Å². The Kier molecular flexibility index (Phi) is 5.20. The fourth-order valence-corrected chi connectivity index (χ4v) is 1.87. The minimum atomic E-state index is -0.455. The Morgan fingerprint density at radius 1 is 1.67 bits per heavy atom. The Morgan fingerprint density at radius 2 is 2.39 bits per heavy atom. The fourth-order valence-electron chi connectivity index (χ4n) is 1.87. The predicted molar refractivity (Wildman–Crippen MR) is 64.5 cm³/mol. The fraction of sp³-hybridized carbons (Fsp3) is 0.636. The van der Waals surface area contributed by atoms with Crippen molar-refractivity contribution >= 4 is 11.9 Å². The van der Waals surface area contributed by atoms with Gasteiger partial charge in [-0.25, -0.2) is 4.79 Å². The minimum absolute atomic E-state index is 0.189. The summed E-state index contributed by atoms with van der Waals surface area (Å²) in [4.78, 5) is 25.3. The molecule has 1 aliphatic carbocycles. The lowest BCUT2D eigenvalue weighted by Gasteiger charge is -2.27. The molecule has 1 rings (SSSR count). The topological polar surface area (TPSA) is 104 Å². The molecule has 98 valence electrons. The van der Waals surface area contributed by atoms with E-state index in [1.807, 2.05) is 0 Å². The third-order valence-electron chi connectivity index (χ3n) is 2.64. The second-order valence-corrected chi connectivity index (χ2v) is 3.97. The van der Waals surface area contributed by atoms with Gasteiger partial charge in [0, 0.05) is 23.5 Å². The van der Waals surface area contributed by atoms with E-state index in [1.54, 1.807) is 13.0 Å². The number of carbonyl (C=O) groups excluding carboxylic acids is 2. The van der Waals surface area contributed by atoms with Gasteiger partial charge in [0.25, 0.3) is 0 Å². The Balaban J connectivity index is 2.79. The highest BCUT2D eigenvalue weighted by Gasteiger charge is 2.28. The van der Waals surface area contributed by atoms with Crippen LogP contribution in [0.2, 0.25) is 0 Å². The van der Waals surface area contributed by atoms with Crippen molar-refractivity contribution < 1.29 is 14.3 Å². The second-order valence-electron chi connectivity index (χ2n) is 3.97. The first-order valence-corrected chi connectivity index (χ1v) is 5.76. The summed E-state index contributed by atoms with van der Waals surface area (Å²) in [6.45, 7) is 3.43. The molecule has 0 bridgehead atoms. The molecular formula is C11H16N4O3. The number of nitrogens with one attached hydrogen (secondary N) is 1. The summed E-state index contributed by atoms with van der Waals surface area (Å²) in [6.07, 6.45) is 2.47. The van der Waals surface area contributed by atoms with Gasteiger partial charge in [-0.15, -0.1) is 0 Å². The zero-order valence-electron chi connectivity index (χ0n) is 10.4. The van der Waals surface area contributed by atoms with Crippen LogP contribution in [0.5, 0.6) is 0 Å². The van der Waals surface area contributed by atoms with Crippen LogP contribution in [0.3, 0.4) is 0 Å². The van der Waals surface area contributed by atoms with Crippen LogP contribution in [0.25, 0.3) is 10.4 Å². The van der Waals surface area contributed by atoms with Crippen LogP contribution in [-0.4, -0.2) is 30.6 Å². The number of carbonyl (C=O) groups is 2. The molecule has 0 aromatic heterocycles. The molecule has 0 saturated carbocycles. The maximum absolute atomic E-state index is 11.6. The van der Waals surface area contributed by atoms with Crippen LogP contribution in [0.4, 0.5) is 0 Å². The number of rotatable bonds is 4. The summed E-state index contributed by atoms with van der Waals surface area (Å²) in [5.41, 5.74) is 9.00. The van der Waals surface area contributed by atoms with Gasteiger partial charge >= 0.3 is 5.97 Å². The highest BCUT2D eigenvalue weighted by Crippen LogP contribution is 2.23. The Hall–Kier alpha value is -2.01. The molecule has 7 nitrogen and oxygen atoms in total. The normalized spacial score (nSPS) is 22.4. The molecule has 1 N–H and O–H groups in total. The van der Waals surface area contributed by atoms with E-state index in [9.17, 15) is 9.59 Å². The molecule has 1 amide bonds.